The molecule has 1 amide bonds. The Morgan fingerprint density at radius 2 is 2.06 bits per heavy atom. The lowest BCUT2D eigenvalue weighted by atomic mass is 9.89. The molecule has 0 saturated carbocycles. The van der Waals surface area contributed by atoms with Crippen molar-refractivity contribution in [2.24, 2.45) is 16.8 Å². The summed E-state index contributed by atoms with van der Waals surface area (Å²) in [5.74, 6) is -3.99. The van der Waals surface area contributed by atoms with Crippen LogP contribution in [0.15, 0.2) is 59.3 Å². The number of aliphatic carboxylic acids is 1. The van der Waals surface area contributed by atoms with Crippen molar-refractivity contribution in [3.05, 3.63) is 86.1 Å². The number of hydrogen-bond acceptors (Lipinski definition) is 12. The maximum Gasteiger partial charge on any atom is 0.290 e. The highest BCUT2D eigenvalue weighted by Gasteiger charge is 2.53. The van der Waals surface area contributed by atoms with Gasteiger partial charge in [0.25, 0.3) is 6.47 Å². The summed E-state index contributed by atoms with van der Waals surface area (Å²) in [6.07, 6.45) is 5.07. The summed E-state index contributed by atoms with van der Waals surface area (Å²) in [7, 11) is 1.25. The highest BCUT2D eigenvalue weighted by molar-refractivity contribution is 8.00. The number of benzene rings is 1. The maximum atomic E-state index is 14.8. The Kier molecular flexibility index (Phi) is 11.3. The summed E-state index contributed by atoms with van der Waals surface area (Å²) >= 11 is 14.8. The van der Waals surface area contributed by atoms with Crippen LogP contribution in [0.25, 0.3) is 10.9 Å². The molecule has 0 aliphatic carbocycles. The van der Waals surface area contributed by atoms with Gasteiger partial charge in [-0.1, -0.05) is 39.7 Å². The van der Waals surface area contributed by atoms with Gasteiger partial charge in [0.05, 0.1) is 40.4 Å². The molecule has 1 aromatic carbocycles. The van der Waals surface area contributed by atoms with Crippen LogP contribution < -0.4 is 21.1 Å². The van der Waals surface area contributed by atoms with Crippen molar-refractivity contribution < 1.29 is 43.2 Å². The van der Waals surface area contributed by atoms with Crippen LogP contribution in [-0.2, 0) is 37.1 Å². The number of aromatic nitrogens is 3. The van der Waals surface area contributed by atoms with E-state index in [1.54, 1.807) is 23.0 Å². The number of thioether (sulfide) groups is 1. The van der Waals surface area contributed by atoms with Crippen molar-refractivity contribution in [3.8, 4) is 0 Å². The molecule has 20 heteroatoms. The number of nitrogens with zero attached hydrogens (tertiary/aromatic N) is 5. The van der Waals surface area contributed by atoms with E-state index in [-0.39, 0.29) is 80.3 Å². The monoisotopic (exact) mass is 776 g/mol. The van der Waals surface area contributed by atoms with E-state index >= 15 is 0 Å². The molecule has 0 bridgehead atoms. The zero-order valence-corrected chi connectivity index (χ0v) is 29.5. The summed E-state index contributed by atoms with van der Waals surface area (Å²) in [4.78, 5) is 57.3. The highest BCUT2D eigenvalue weighted by atomic mass is 35.5. The standard InChI is InChI=1S/C30H25Cl2FN8O5S2.CH2O2/c1-46-38-22(23-25(32)48-30(36)37-23)21(42)8-16-27(43)41-24(29(44)45)15(12-47-28(16)41)10-39-4-3-20-13(9-39)2-5-40(20)11-17-18(31)6-14(26(34)35)7-19(17)33;2-1-3/h2-7,9,16,28H,8,10-12H2,1H3,(H5-,34,35,36,37,44,45);1H,(H,2,3)/b38-22+;/t16-,28-;/m1./s1. The topological polar surface area (TPSA) is 234 Å². The normalized spacial score (nSPS) is 17.0. The molecule has 1 saturated heterocycles. The van der Waals surface area contributed by atoms with E-state index in [9.17, 15) is 23.9 Å². The molecule has 15 nitrogen and oxygen atoms in total. The minimum absolute atomic E-state index is 0.0483. The summed E-state index contributed by atoms with van der Waals surface area (Å²) in [5.41, 5.74) is 12.5. The van der Waals surface area contributed by atoms with Gasteiger partial charge in [-0.05, 0) is 18.2 Å². The third kappa shape index (κ3) is 7.53. The Hall–Kier alpha value is -5.04. The first-order valence-electron chi connectivity index (χ1n) is 14.6. The van der Waals surface area contributed by atoms with Gasteiger partial charge in [0.1, 0.15) is 28.8 Å². The number of β-lactam (4-membered cyclic amide) rings is 1. The van der Waals surface area contributed by atoms with Gasteiger partial charge < -0.3 is 35.9 Å². The van der Waals surface area contributed by atoms with Gasteiger partial charge in [-0.2, -0.15) is 0 Å². The fourth-order valence-corrected chi connectivity index (χ4v) is 8.33. The molecule has 2 atom stereocenters. The first-order chi connectivity index (χ1) is 24.3. The highest BCUT2D eigenvalue weighted by Crippen LogP contribution is 2.45. The Bertz CT molecular complexity index is 2130. The van der Waals surface area contributed by atoms with E-state index in [2.05, 4.69) is 10.1 Å². The number of nitrogens with one attached hydrogen (secondary N) is 1. The lowest BCUT2D eigenvalue weighted by molar-refractivity contribution is -0.687. The number of amidine groups is 1. The third-order valence-corrected chi connectivity index (χ3v) is 10.8. The average molecular weight is 778 g/mol. The number of pyridine rings is 1. The van der Waals surface area contributed by atoms with Crippen molar-refractivity contribution in [1.82, 2.24) is 14.5 Å². The van der Waals surface area contributed by atoms with Crippen molar-refractivity contribution in [2.45, 2.75) is 24.9 Å². The number of anilines is 1. The summed E-state index contributed by atoms with van der Waals surface area (Å²) in [6, 6.07) is 6.25. The predicted molar refractivity (Wildman–Crippen MR) is 186 cm³/mol. The average Bonchev–Trinajstić information content (AvgIpc) is 3.64. The van der Waals surface area contributed by atoms with E-state index in [0.717, 1.165) is 22.2 Å². The van der Waals surface area contributed by atoms with Crippen LogP contribution in [0.1, 0.15) is 23.2 Å². The number of oxime groups is 1. The van der Waals surface area contributed by atoms with Gasteiger partial charge in [-0.3, -0.25) is 24.7 Å². The number of Topliss-reactive ketones (excluding diaryl/α,β-unsaturated/α-hetero) is 1. The van der Waals surface area contributed by atoms with E-state index in [0.29, 0.717) is 5.57 Å². The second-order valence-electron chi connectivity index (χ2n) is 11.0. The Morgan fingerprint density at radius 3 is 2.67 bits per heavy atom. The molecule has 2 aliphatic heterocycles. The number of fused-ring (bicyclic) bond motifs is 2. The van der Waals surface area contributed by atoms with Crippen LogP contribution in [0, 0.1) is 17.1 Å². The van der Waals surface area contributed by atoms with Gasteiger partial charge in [0.15, 0.2) is 35.6 Å². The molecule has 266 valence electrons. The Balaban J connectivity index is 0.00000162. The maximum absolute atomic E-state index is 14.8. The fourth-order valence-electron chi connectivity index (χ4n) is 5.73. The zero-order valence-electron chi connectivity index (χ0n) is 26.3. The molecular formula is C31H27Cl2FN8O7S2. The number of rotatable bonds is 11. The molecule has 6 N–H and O–H groups in total. The van der Waals surface area contributed by atoms with Crippen LogP contribution >= 0.6 is 46.3 Å². The number of halogens is 3. The molecule has 0 spiro atoms. The minimum Gasteiger partial charge on any atom is -0.543 e. The Labute approximate surface area is 306 Å². The van der Waals surface area contributed by atoms with Gasteiger partial charge in [-0.15, -0.1) is 11.8 Å². The van der Waals surface area contributed by atoms with Gasteiger partial charge in [0.2, 0.25) is 5.91 Å². The lowest BCUT2D eigenvalue weighted by Crippen LogP contribution is -2.63. The molecular weight excluding hydrogens is 750 g/mol. The number of carbonyl (C=O) groups is 4. The third-order valence-electron chi connectivity index (χ3n) is 7.95. The lowest BCUT2D eigenvalue weighted by Gasteiger charge is -2.50. The second-order valence-corrected chi connectivity index (χ2v) is 14.2. The van der Waals surface area contributed by atoms with Crippen molar-refractivity contribution in [3.63, 3.8) is 0 Å². The van der Waals surface area contributed by atoms with Crippen LogP contribution in [0.5, 0.6) is 0 Å². The smallest absolute Gasteiger partial charge is 0.290 e. The number of carbonyl (C=O) groups excluding carboxylic acids is 3. The first-order valence-corrected chi connectivity index (χ1v) is 17.2. The van der Waals surface area contributed by atoms with Crippen LogP contribution in [0.3, 0.4) is 0 Å². The summed E-state index contributed by atoms with van der Waals surface area (Å²) in [5, 5.41) is 31.0. The number of thiazole rings is 1. The van der Waals surface area contributed by atoms with Crippen molar-refractivity contribution >= 4 is 98.0 Å². The number of amides is 1. The SMILES string of the molecule is CO/N=C(\C(=O)C[C@@H]1C(=O)N2C(C(=O)[O-])=C(C[n+]3ccc4c(ccn4Cc4c(F)cc(C(=N)N)cc4Cl)c3)CS[C@H]12)c1nc(N)sc1Cl.O=CO. The number of ketones is 1. The zero-order chi connectivity index (χ0) is 37.1. The molecule has 1 fully saturated rings. The van der Waals surface area contributed by atoms with Crippen LogP contribution in [-0.4, -0.2) is 73.5 Å². The van der Waals surface area contributed by atoms with Crippen molar-refractivity contribution in [2.75, 3.05) is 18.6 Å². The molecule has 2 aliphatic rings. The second kappa shape index (κ2) is 15.5. The Morgan fingerprint density at radius 1 is 1.33 bits per heavy atom. The quantitative estimate of drug-likeness (QED) is 0.0429. The summed E-state index contributed by atoms with van der Waals surface area (Å²) < 4.78 is 18.6. The number of carboxylic acids is 1. The van der Waals surface area contributed by atoms with Gasteiger partial charge >= 0.3 is 0 Å². The first kappa shape index (κ1) is 37.2. The molecule has 0 radical (unpaired) electrons. The van der Waals surface area contributed by atoms with Gasteiger partial charge in [0, 0.05) is 46.2 Å². The van der Waals surface area contributed by atoms with Crippen molar-refractivity contribution in [1.29, 1.82) is 5.41 Å². The number of carboxylic acid groups (broad SMARTS) is 2. The van der Waals surface area contributed by atoms with E-state index < -0.39 is 34.8 Å². The predicted octanol–water partition coefficient (Wildman–Crippen LogP) is 1.99. The van der Waals surface area contributed by atoms with E-state index in [1.807, 2.05) is 16.8 Å². The fraction of sp³-hybridized carbons (Fsp3) is 0.226. The van der Waals surface area contributed by atoms with Gasteiger partial charge in [-0.25, -0.2) is 13.9 Å². The number of nitrogens with two attached hydrogens (primary N) is 2. The van der Waals surface area contributed by atoms with Crippen LogP contribution in [0.4, 0.5) is 9.52 Å². The number of nitrogen functional groups attached to an aromatic ring is 2. The molecule has 4 aromatic rings. The number of hydrogen-bond donors (Lipinski definition) is 4. The molecule has 6 rings (SSSR count). The molecule has 5 heterocycles. The summed E-state index contributed by atoms with van der Waals surface area (Å²) in [6.45, 7) is 0.0255. The molecule has 0 unspecified atom stereocenters. The van der Waals surface area contributed by atoms with E-state index in [1.165, 1.54) is 35.9 Å². The van der Waals surface area contributed by atoms with E-state index in [4.69, 9.17) is 54.8 Å². The largest absolute Gasteiger partial charge is 0.543 e. The molecule has 3 aromatic heterocycles. The molecule has 51 heavy (non-hydrogen) atoms. The van der Waals surface area contributed by atoms with Crippen LogP contribution in [0.2, 0.25) is 9.36 Å². The minimum atomic E-state index is -1.50.